The lowest BCUT2D eigenvalue weighted by Gasteiger charge is -2.25. The van der Waals surface area contributed by atoms with Gasteiger partial charge in [-0.1, -0.05) is 0 Å². The summed E-state index contributed by atoms with van der Waals surface area (Å²) in [5, 5.41) is 2.76. The topological polar surface area (TPSA) is 71.3 Å². The van der Waals surface area contributed by atoms with Crippen LogP contribution < -0.4 is 10.2 Å². The standard InChI is InChI=1S/C17H22N4O2/c1-11-9-18-12(2)17(20-11)21-8-4-5-15(21)16-7-6-14(23-16)10-19-13(3)22/h6-7,9,15H,4-5,8,10H2,1-3H3,(H,19,22). The van der Waals surface area contributed by atoms with E-state index in [0.29, 0.717) is 6.54 Å². The third-order valence-corrected chi connectivity index (χ3v) is 4.10. The maximum Gasteiger partial charge on any atom is 0.217 e. The van der Waals surface area contributed by atoms with Gasteiger partial charge in [0.1, 0.15) is 11.5 Å². The normalized spacial score (nSPS) is 17.5. The van der Waals surface area contributed by atoms with E-state index in [2.05, 4.69) is 20.2 Å². The lowest BCUT2D eigenvalue weighted by atomic mass is 10.1. The molecule has 6 nitrogen and oxygen atoms in total. The molecule has 1 unspecified atom stereocenters. The van der Waals surface area contributed by atoms with Crippen molar-refractivity contribution in [1.29, 1.82) is 0 Å². The van der Waals surface area contributed by atoms with Crippen molar-refractivity contribution in [3.8, 4) is 0 Å². The second kappa shape index (κ2) is 6.40. The van der Waals surface area contributed by atoms with Gasteiger partial charge in [0.05, 0.1) is 24.0 Å². The van der Waals surface area contributed by atoms with Crippen LogP contribution in [0.2, 0.25) is 0 Å². The molecule has 1 aliphatic rings. The highest BCUT2D eigenvalue weighted by Gasteiger charge is 2.30. The number of carbonyl (C=O) groups excluding carboxylic acids is 1. The first-order valence-electron chi connectivity index (χ1n) is 7.94. The van der Waals surface area contributed by atoms with Crippen LogP contribution in [0, 0.1) is 13.8 Å². The molecule has 0 radical (unpaired) electrons. The molecule has 1 aliphatic heterocycles. The largest absolute Gasteiger partial charge is 0.462 e. The van der Waals surface area contributed by atoms with Crippen LogP contribution in [0.25, 0.3) is 0 Å². The van der Waals surface area contributed by atoms with E-state index in [-0.39, 0.29) is 11.9 Å². The van der Waals surface area contributed by atoms with Crippen molar-refractivity contribution in [3.63, 3.8) is 0 Å². The van der Waals surface area contributed by atoms with Gasteiger partial charge in [0.2, 0.25) is 5.91 Å². The van der Waals surface area contributed by atoms with Crippen LogP contribution in [-0.4, -0.2) is 22.4 Å². The molecular formula is C17H22N4O2. The van der Waals surface area contributed by atoms with Crippen LogP contribution in [-0.2, 0) is 11.3 Å². The number of nitrogens with zero attached hydrogens (tertiary/aromatic N) is 3. The first kappa shape index (κ1) is 15.5. The molecule has 0 spiro atoms. The minimum atomic E-state index is -0.0592. The van der Waals surface area contributed by atoms with Gasteiger partial charge in [0.25, 0.3) is 0 Å². The van der Waals surface area contributed by atoms with Gasteiger partial charge in [-0.05, 0) is 38.8 Å². The van der Waals surface area contributed by atoms with E-state index in [9.17, 15) is 4.79 Å². The Hall–Kier alpha value is -2.37. The minimum absolute atomic E-state index is 0.0592. The smallest absolute Gasteiger partial charge is 0.217 e. The lowest BCUT2D eigenvalue weighted by Crippen LogP contribution is -2.24. The van der Waals surface area contributed by atoms with Crippen molar-refractivity contribution >= 4 is 11.7 Å². The van der Waals surface area contributed by atoms with Crippen molar-refractivity contribution < 1.29 is 9.21 Å². The molecule has 1 atom stereocenters. The summed E-state index contributed by atoms with van der Waals surface area (Å²) in [5.74, 6) is 2.57. The van der Waals surface area contributed by atoms with Crippen LogP contribution in [0.4, 0.5) is 5.82 Å². The Labute approximate surface area is 135 Å². The van der Waals surface area contributed by atoms with Crippen molar-refractivity contribution in [1.82, 2.24) is 15.3 Å². The van der Waals surface area contributed by atoms with E-state index in [0.717, 1.165) is 48.1 Å². The molecule has 23 heavy (non-hydrogen) atoms. The fourth-order valence-electron chi connectivity index (χ4n) is 2.99. The summed E-state index contributed by atoms with van der Waals surface area (Å²) in [6.45, 7) is 6.82. The zero-order valence-corrected chi connectivity index (χ0v) is 13.8. The van der Waals surface area contributed by atoms with Crippen molar-refractivity contribution in [3.05, 3.63) is 41.2 Å². The highest BCUT2D eigenvalue weighted by Crippen LogP contribution is 2.36. The summed E-state index contributed by atoms with van der Waals surface area (Å²) < 4.78 is 5.94. The number of nitrogens with one attached hydrogen (secondary N) is 1. The third kappa shape index (κ3) is 3.36. The Bertz CT molecular complexity index is 710. The molecule has 0 aliphatic carbocycles. The van der Waals surface area contributed by atoms with Gasteiger partial charge in [-0.25, -0.2) is 4.98 Å². The predicted octanol–water partition coefficient (Wildman–Crippen LogP) is 2.66. The molecule has 3 rings (SSSR count). The fraction of sp³-hybridized carbons (Fsp3) is 0.471. The zero-order chi connectivity index (χ0) is 16.4. The van der Waals surface area contributed by atoms with E-state index in [1.807, 2.05) is 26.0 Å². The van der Waals surface area contributed by atoms with Gasteiger partial charge in [0, 0.05) is 19.7 Å². The Morgan fingerprint density at radius 1 is 1.43 bits per heavy atom. The number of aromatic nitrogens is 2. The molecule has 0 saturated carbocycles. The van der Waals surface area contributed by atoms with Crippen LogP contribution in [0.3, 0.4) is 0 Å². The van der Waals surface area contributed by atoms with Crippen molar-refractivity contribution in [2.75, 3.05) is 11.4 Å². The monoisotopic (exact) mass is 314 g/mol. The molecule has 122 valence electrons. The molecule has 0 aromatic carbocycles. The van der Waals surface area contributed by atoms with Gasteiger partial charge in [-0.2, -0.15) is 0 Å². The van der Waals surface area contributed by atoms with Crippen LogP contribution in [0.5, 0.6) is 0 Å². The molecule has 2 aromatic rings. The Kier molecular flexibility index (Phi) is 4.32. The number of hydrogen-bond donors (Lipinski definition) is 1. The van der Waals surface area contributed by atoms with Crippen LogP contribution in [0.15, 0.2) is 22.7 Å². The van der Waals surface area contributed by atoms with Crippen molar-refractivity contribution in [2.24, 2.45) is 0 Å². The molecule has 1 fully saturated rings. The maximum absolute atomic E-state index is 11.0. The molecule has 1 saturated heterocycles. The molecule has 3 heterocycles. The van der Waals surface area contributed by atoms with E-state index < -0.39 is 0 Å². The average molecular weight is 314 g/mol. The Morgan fingerprint density at radius 3 is 3.04 bits per heavy atom. The summed E-state index contributed by atoms with van der Waals surface area (Å²) in [5.41, 5.74) is 1.86. The SMILES string of the molecule is CC(=O)NCc1ccc(C2CCCN2c2nc(C)cnc2C)o1. The molecule has 1 amide bonds. The van der Waals surface area contributed by atoms with E-state index in [1.165, 1.54) is 6.92 Å². The van der Waals surface area contributed by atoms with Gasteiger partial charge in [0.15, 0.2) is 5.82 Å². The highest BCUT2D eigenvalue weighted by molar-refractivity contribution is 5.72. The summed E-state index contributed by atoms with van der Waals surface area (Å²) >= 11 is 0. The van der Waals surface area contributed by atoms with Gasteiger partial charge in [-0.3, -0.25) is 9.78 Å². The number of rotatable bonds is 4. The predicted molar refractivity (Wildman–Crippen MR) is 87.1 cm³/mol. The summed E-state index contributed by atoms with van der Waals surface area (Å²) in [6.07, 6.45) is 3.92. The Balaban J connectivity index is 1.81. The lowest BCUT2D eigenvalue weighted by molar-refractivity contribution is -0.119. The second-order valence-electron chi connectivity index (χ2n) is 5.99. The zero-order valence-electron chi connectivity index (χ0n) is 13.8. The highest BCUT2D eigenvalue weighted by atomic mass is 16.3. The van der Waals surface area contributed by atoms with Gasteiger partial charge in [-0.15, -0.1) is 0 Å². The molecule has 1 N–H and O–H groups in total. The van der Waals surface area contributed by atoms with Crippen LogP contribution in [0.1, 0.15) is 48.7 Å². The molecular weight excluding hydrogens is 292 g/mol. The first-order chi connectivity index (χ1) is 11.0. The summed E-state index contributed by atoms with van der Waals surface area (Å²) in [6, 6.07) is 4.10. The number of hydrogen-bond acceptors (Lipinski definition) is 5. The van der Waals surface area contributed by atoms with E-state index >= 15 is 0 Å². The fourth-order valence-corrected chi connectivity index (χ4v) is 2.99. The number of aryl methyl sites for hydroxylation is 2. The number of carbonyl (C=O) groups is 1. The first-order valence-corrected chi connectivity index (χ1v) is 7.94. The minimum Gasteiger partial charge on any atom is -0.462 e. The summed E-state index contributed by atoms with van der Waals surface area (Å²) in [4.78, 5) is 22.4. The summed E-state index contributed by atoms with van der Waals surface area (Å²) in [7, 11) is 0. The van der Waals surface area contributed by atoms with Gasteiger partial charge < -0.3 is 14.6 Å². The molecule has 2 aromatic heterocycles. The van der Waals surface area contributed by atoms with Gasteiger partial charge >= 0.3 is 0 Å². The Morgan fingerprint density at radius 2 is 2.26 bits per heavy atom. The number of amides is 1. The quantitative estimate of drug-likeness (QED) is 0.939. The molecule has 6 heteroatoms. The maximum atomic E-state index is 11.0. The van der Waals surface area contributed by atoms with E-state index in [1.54, 1.807) is 6.20 Å². The van der Waals surface area contributed by atoms with Crippen LogP contribution >= 0.6 is 0 Å². The average Bonchev–Trinajstić information content (AvgIpc) is 3.15. The van der Waals surface area contributed by atoms with Crippen molar-refractivity contribution in [2.45, 2.75) is 46.2 Å². The third-order valence-electron chi connectivity index (χ3n) is 4.10. The number of furan rings is 1. The molecule has 0 bridgehead atoms. The number of anilines is 1. The second-order valence-corrected chi connectivity index (χ2v) is 5.99. The van der Waals surface area contributed by atoms with E-state index in [4.69, 9.17) is 4.42 Å².